The fourth-order valence-corrected chi connectivity index (χ4v) is 6.72. The predicted octanol–water partition coefficient (Wildman–Crippen LogP) is 11.6. The van der Waals surface area contributed by atoms with Gasteiger partial charge in [-0.25, -0.2) is 4.57 Å². The van der Waals surface area contributed by atoms with Crippen molar-refractivity contribution >= 4 is 13.7 Å². The van der Waals surface area contributed by atoms with E-state index in [4.69, 9.17) is 14.8 Å². The van der Waals surface area contributed by atoms with Crippen LogP contribution in [0.5, 0.6) is 0 Å². The Labute approximate surface area is 314 Å². The summed E-state index contributed by atoms with van der Waals surface area (Å²) in [5.74, 6) is -0.213. The van der Waals surface area contributed by atoms with Crippen molar-refractivity contribution in [2.24, 2.45) is 5.73 Å². The second kappa shape index (κ2) is 38.4. The number of aliphatic hydroxyl groups is 1. The molecule has 0 aliphatic rings. The van der Waals surface area contributed by atoms with Gasteiger partial charge in [0, 0.05) is 13.0 Å². The largest absolute Gasteiger partial charge is 0.472 e. The lowest BCUT2D eigenvalue weighted by molar-refractivity contribution is -0.123. The zero-order valence-electron chi connectivity index (χ0n) is 33.1. The number of nitrogens with one attached hydrogen (secondary N) is 1. The Bertz CT molecular complexity index is 897. The maximum absolute atomic E-state index is 12.7. The van der Waals surface area contributed by atoms with Crippen LogP contribution in [0.2, 0.25) is 0 Å². The van der Waals surface area contributed by atoms with Gasteiger partial charge in [0.2, 0.25) is 5.91 Å². The predicted molar refractivity (Wildman–Crippen MR) is 217 cm³/mol. The van der Waals surface area contributed by atoms with Crippen LogP contribution < -0.4 is 11.1 Å². The minimum atomic E-state index is -4.35. The van der Waals surface area contributed by atoms with Gasteiger partial charge in [0.05, 0.1) is 25.4 Å². The van der Waals surface area contributed by atoms with Crippen LogP contribution >= 0.6 is 7.82 Å². The Morgan fingerprint density at radius 2 is 1.04 bits per heavy atom. The normalized spacial score (nSPS) is 14.5. The van der Waals surface area contributed by atoms with E-state index in [-0.39, 0.29) is 25.7 Å². The average molecular weight is 741 g/mol. The molecule has 3 unspecified atom stereocenters. The maximum Gasteiger partial charge on any atom is 0.472 e. The highest BCUT2D eigenvalue weighted by Crippen LogP contribution is 2.43. The smallest absolute Gasteiger partial charge is 0.387 e. The van der Waals surface area contributed by atoms with E-state index < -0.39 is 20.0 Å². The molecule has 51 heavy (non-hydrogen) atoms. The molecule has 0 fully saturated rings. The number of aliphatic hydroxyl groups excluding tert-OH is 1. The second-order valence-corrected chi connectivity index (χ2v) is 15.6. The molecule has 0 bridgehead atoms. The molecule has 0 spiro atoms. The summed E-state index contributed by atoms with van der Waals surface area (Å²) in [4.78, 5) is 22.7. The number of phosphoric ester groups is 1. The van der Waals surface area contributed by atoms with E-state index in [0.29, 0.717) is 6.42 Å². The highest BCUT2D eigenvalue weighted by atomic mass is 31.2. The molecular weight excluding hydrogens is 659 g/mol. The lowest BCUT2D eigenvalue weighted by Gasteiger charge is -2.23. The number of unbranched alkanes of at least 4 members (excludes halogenated alkanes) is 23. The van der Waals surface area contributed by atoms with Crippen LogP contribution in [0.25, 0.3) is 0 Å². The number of amides is 1. The van der Waals surface area contributed by atoms with Gasteiger partial charge >= 0.3 is 7.82 Å². The molecule has 9 heteroatoms. The summed E-state index contributed by atoms with van der Waals surface area (Å²) >= 11 is 0. The van der Waals surface area contributed by atoms with Crippen molar-refractivity contribution in [3.05, 3.63) is 36.5 Å². The zero-order chi connectivity index (χ0) is 37.5. The highest BCUT2D eigenvalue weighted by Gasteiger charge is 2.26. The first-order valence-corrected chi connectivity index (χ1v) is 22.6. The van der Waals surface area contributed by atoms with Crippen molar-refractivity contribution < 1.29 is 28.4 Å². The summed E-state index contributed by atoms with van der Waals surface area (Å²) in [5, 5.41) is 13.6. The molecule has 0 aliphatic heterocycles. The number of carbonyl (C=O) groups excluding carboxylic acids is 1. The van der Waals surface area contributed by atoms with Gasteiger partial charge in [-0.15, -0.1) is 0 Å². The van der Waals surface area contributed by atoms with Crippen LogP contribution in [0.3, 0.4) is 0 Å². The van der Waals surface area contributed by atoms with Gasteiger partial charge in [0.1, 0.15) is 0 Å². The average Bonchev–Trinajstić information content (AvgIpc) is 3.12. The van der Waals surface area contributed by atoms with Gasteiger partial charge in [-0.1, -0.05) is 166 Å². The van der Waals surface area contributed by atoms with Gasteiger partial charge in [0.25, 0.3) is 0 Å². The van der Waals surface area contributed by atoms with Crippen LogP contribution in [0.15, 0.2) is 36.5 Å². The Kier molecular flexibility index (Phi) is 37.5. The van der Waals surface area contributed by atoms with Crippen LogP contribution in [-0.4, -0.2) is 47.8 Å². The van der Waals surface area contributed by atoms with Crippen LogP contribution in [0.4, 0.5) is 0 Å². The van der Waals surface area contributed by atoms with E-state index in [1.807, 2.05) is 6.08 Å². The van der Waals surface area contributed by atoms with Crippen molar-refractivity contribution in [3.63, 3.8) is 0 Å². The first-order chi connectivity index (χ1) is 24.9. The third kappa shape index (κ3) is 36.9. The number of hydrogen-bond donors (Lipinski definition) is 4. The molecule has 0 saturated heterocycles. The molecule has 0 aliphatic carbocycles. The molecule has 1 amide bonds. The molecule has 0 saturated carbocycles. The topological polar surface area (TPSA) is 131 Å². The van der Waals surface area contributed by atoms with Crippen LogP contribution in [0.1, 0.15) is 194 Å². The molecule has 0 rings (SSSR count). The standard InChI is InChI=1S/C42H81N2O6P/c1-3-5-7-9-11-13-15-17-19-21-23-25-27-29-31-33-35-41(45)40(39-50-51(47,48)49-38-37-43)44-42(46)36-34-32-30-28-26-24-22-20-18-16-14-12-10-8-6-4-2/h20,22,25,27,33,35,40-41,45H,3-19,21,23-24,26,28-32,34,36-39,43H2,1-2H3,(H,44,46)(H,47,48)/b22-20-,27-25+,35-33+. The minimum Gasteiger partial charge on any atom is -0.387 e. The summed E-state index contributed by atoms with van der Waals surface area (Å²) in [5.41, 5.74) is 5.36. The number of rotatable bonds is 39. The van der Waals surface area contributed by atoms with E-state index >= 15 is 0 Å². The molecule has 0 aromatic rings. The number of nitrogens with two attached hydrogens (primary N) is 1. The molecular formula is C42H81N2O6P. The van der Waals surface area contributed by atoms with Crippen molar-refractivity contribution in [1.82, 2.24) is 5.32 Å². The molecule has 0 heterocycles. The van der Waals surface area contributed by atoms with E-state index in [2.05, 4.69) is 43.5 Å². The SMILES string of the molecule is CCCCCCCCC/C=C\CCCCCCCC(=O)NC(COP(=O)(O)OCCN)C(O)/C=C/CC/C=C/CCCCCCCCCCCC. The molecule has 0 aromatic carbocycles. The number of phosphoric acid groups is 1. The lowest BCUT2D eigenvalue weighted by Crippen LogP contribution is -2.45. The molecule has 0 aromatic heterocycles. The Hall–Kier alpha value is -1.28. The molecule has 5 N–H and O–H groups in total. The fraction of sp³-hybridized carbons (Fsp3) is 0.833. The van der Waals surface area contributed by atoms with Crippen LogP contribution in [0, 0.1) is 0 Å². The van der Waals surface area contributed by atoms with Gasteiger partial charge < -0.3 is 21.1 Å². The summed E-state index contributed by atoms with van der Waals surface area (Å²) in [6, 6.07) is -0.879. The van der Waals surface area contributed by atoms with Gasteiger partial charge in [-0.2, -0.15) is 0 Å². The Morgan fingerprint density at radius 3 is 1.51 bits per heavy atom. The van der Waals surface area contributed by atoms with Crippen LogP contribution in [-0.2, 0) is 18.4 Å². The first kappa shape index (κ1) is 49.7. The maximum atomic E-state index is 12.7. The number of carbonyl (C=O) groups is 1. The lowest BCUT2D eigenvalue weighted by atomic mass is 10.1. The van der Waals surface area contributed by atoms with Crippen molar-refractivity contribution in [2.45, 2.75) is 206 Å². The van der Waals surface area contributed by atoms with E-state index in [0.717, 1.165) is 51.4 Å². The third-order valence-corrected chi connectivity index (χ3v) is 10.2. The Balaban J connectivity index is 4.31. The first-order valence-electron chi connectivity index (χ1n) is 21.1. The summed E-state index contributed by atoms with van der Waals surface area (Å²) < 4.78 is 22.1. The number of hydrogen-bond acceptors (Lipinski definition) is 6. The zero-order valence-corrected chi connectivity index (χ0v) is 34.0. The molecule has 300 valence electrons. The third-order valence-electron chi connectivity index (χ3n) is 9.19. The van der Waals surface area contributed by atoms with Gasteiger partial charge in [-0.3, -0.25) is 13.8 Å². The number of allylic oxidation sites excluding steroid dienone is 5. The molecule has 3 atom stereocenters. The van der Waals surface area contributed by atoms with Crippen molar-refractivity contribution in [2.75, 3.05) is 19.8 Å². The quantitative estimate of drug-likeness (QED) is 0.0280. The highest BCUT2D eigenvalue weighted by molar-refractivity contribution is 7.47. The van der Waals surface area contributed by atoms with Crippen molar-refractivity contribution in [1.29, 1.82) is 0 Å². The molecule has 8 nitrogen and oxygen atoms in total. The molecule has 0 radical (unpaired) electrons. The second-order valence-electron chi connectivity index (χ2n) is 14.2. The summed E-state index contributed by atoms with van der Waals surface area (Å²) in [7, 11) is -4.35. The Morgan fingerprint density at radius 1 is 0.627 bits per heavy atom. The summed E-state index contributed by atoms with van der Waals surface area (Å²) in [6.07, 6.45) is 44.8. The van der Waals surface area contributed by atoms with Crippen molar-refractivity contribution in [3.8, 4) is 0 Å². The van der Waals surface area contributed by atoms with E-state index in [1.54, 1.807) is 6.08 Å². The minimum absolute atomic E-state index is 0.0726. The monoisotopic (exact) mass is 741 g/mol. The van der Waals surface area contributed by atoms with E-state index in [1.165, 1.54) is 122 Å². The van der Waals surface area contributed by atoms with E-state index in [9.17, 15) is 19.4 Å². The summed E-state index contributed by atoms with van der Waals surface area (Å²) in [6.45, 7) is 4.10. The van der Waals surface area contributed by atoms with Gasteiger partial charge in [0.15, 0.2) is 0 Å². The fourth-order valence-electron chi connectivity index (χ4n) is 5.97. The van der Waals surface area contributed by atoms with Gasteiger partial charge in [-0.05, 0) is 57.8 Å².